The van der Waals surface area contributed by atoms with E-state index in [2.05, 4.69) is 5.32 Å². The number of rotatable bonds is 3. The van der Waals surface area contributed by atoms with Crippen molar-refractivity contribution in [1.29, 1.82) is 0 Å². The summed E-state index contributed by atoms with van der Waals surface area (Å²) in [6, 6.07) is 3.05. The number of benzene rings is 1. The third-order valence-electron chi connectivity index (χ3n) is 3.21. The molecule has 1 aliphatic heterocycles. The zero-order valence-electron chi connectivity index (χ0n) is 9.93. The van der Waals surface area contributed by atoms with Gasteiger partial charge in [0.1, 0.15) is 0 Å². The molecule has 4 heteroatoms. The summed E-state index contributed by atoms with van der Waals surface area (Å²) in [5, 5.41) is 3.35. The number of nitrogens with one attached hydrogen (secondary N) is 1. The van der Waals surface area contributed by atoms with Crippen molar-refractivity contribution in [3.05, 3.63) is 29.3 Å². The molecule has 1 aliphatic rings. The molecule has 1 aromatic rings. The van der Waals surface area contributed by atoms with Crippen LogP contribution < -0.4 is 10.1 Å². The minimum Gasteiger partial charge on any atom is -0.491 e. The number of halogens is 2. The average Bonchev–Trinajstić information content (AvgIpc) is 2.35. The SMILES string of the molecule is COc1c(F)ccc(CC2CCCCN2)c1F. The highest BCUT2D eigenvalue weighted by Gasteiger charge is 2.19. The molecule has 0 aliphatic carbocycles. The number of hydrogen-bond acceptors (Lipinski definition) is 2. The number of piperidine rings is 1. The second-order valence-electron chi connectivity index (χ2n) is 4.40. The predicted octanol–water partition coefficient (Wildman–Crippen LogP) is 2.66. The Morgan fingerprint density at radius 3 is 2.82 bits per heavy atom. The molecule has 2 rings (SSSR count). The highest BCUT2D eigenvalue weighted by molar-refractivity contribution is 5.33. The molecular weight excluding hydrogens is 224 g/mol. The topological polar surface area (TPSA) is 21.3 Å². The summed E-state index contributed by atoms with van der Waals surface area (Å²) in [6.07, 6.45) is 3.96. The monoisotopic (exact) mass is 241 g/mol. The van der Waals surface area contributed by atoms with Gasteiger partial charge in [-0.1, -0.05) is 12.5 Å². The fourth-order valence-electron chi connectivity index (χ4n) is 2.28. The molecule has 1 aromatic carbocycles. The zero-order valence-corrected chi connectivity index (χ0v) is 9.93. The summed E-state index contributed by atoms with van der Waals surface area (Å²) in [5.41, 5.74) is 0.516. The summed E-state index contributed by atoms with van der Waals surface area (Å²) in [7, 11) is 1.28. The van der Waals surface area contributed by atoms with Gasteiger partial charge in [0.15, 0.2) is 17.4 Å². The van der Waals surface area contributed by atoms with Crippen LogP contribution >= 0.6 is 0 Å². The van der Waals surface area contributed by atoms with Crippen LogP contribution in [-0.4, -0.2) is 19.7 Å². The van der Waals surface area contributed by atoms with Gasteiger partial charge in [-0.15, -0.1) is 0 Å². The van der Waals surface area contributed by atoms with Crippen LogP contribution in [-0.2, 0) is 6.42 Å². The maximum absolute atomic E-state index is 13.9. The highest BCUT2D eigenvalue weighted by Crippen LogP contribution is 2.25. The van der Waals surface area contributed by atoms with E-state index >= 15 is 0 Å². The van der Waals surface area contributed by atoms with E-state index in [0.717, 1.165) is 19.4 Å². The van der Waals surface area contributed by atoms with Crippen LogP contribution in [0.4, 0.5) is 8.78 Å². The fourth-order valence-corrected chi connectivity index (χ4v) is 2.28. The van der Waals surface area contributed by atoms with E-state index in [1.165, 1.54) is 25.7 Å². The molecule has 1 heterocycles. The lowest BCUT2D eigenvalue weighted by molar-refractivity contribution is 0.352. The van der Waals surface area contributed by atoms with Crippen LogP contribution in [0.25, 0.3) is 0 Å². The fraction of sp³-hybridized carbons (Fsp3) is 0.538. The molecule has 94 valence electrons. The largest absolute Gasteiger partial charge is 0.491 e. The molecule has 0 saturated carbocycles. The van der Waals surface area contributed by atoms with E-state index in [-0.39, 0.29) is 11.8 Å². The molecule has 2 nitrogen and oxygen atoms in total. The van der Waals surface area contributed by atoms with Crippen molar-refractivity contribution in [1.82, 2.24) is 5.32 Å². The van der Waals surface area contributed by atoms with E-state index in [1.54, 1.807) is 0 Å². The Bertz CT molecular complexity index is 389. The predicted molar refractivity (Wildman–Crippen MR) is 62.3 cm³/mol. The third kappa shape index (κ3) is 2.75. The van der Waals surface area contributed by atoms with E-state index in [9.17, 15) is 8.78 Å². The van der Waals surface area contributed by atoms with Crippen molar-refractivity contribution in [2.75, 3.05) is 13.7 Å². The molecule has 1 unspecified atom stereocenters. The van der Waals surface area contributed by atoms with Crippen LogP contribution in [0.5, 0.6) is 5.75 Å². The molecule has 0 aromatic heterocycles. The summed E-state index contributed by atoms with van der Waals surface area (Å²) in [6.45, 7) is 0.977. The van der Waals surface area contributed by atoms with Crippen molar-refractivity contribution in [2.45, 2.75) is 31.7 Å². The Morgan fingerprint density at radius 2 is 2.18 bits per heavy atom. The molecule has 1 fully saturated rings. The van der Waals surface area contributed by atoms with Crippen molar-refractivity contribution >= 4 is 0 Å². The molecule has 17 heavy (non-hydrogen) atoms. The minimum atomic E-state index is -0.648. The summed E-state index contributed by atoms with van der Waals surface area (Å²) in [4.78, 5) is 0. The second-order valence-corrected chi connectivity index (χ2v) is 4.40. The molecule has 0 radical (unpaired) electrons. The van der Waals surface area contributed by atoms with E-state index in [1.807, 2.05) is 0 Å². The summed E-state index contributed by atoms with van der Waals surface area (Å²) in [5.74, 6) is -1.50. The molecule has 1 saturated heterocycles. The van der Waals surface area contributed by atoms with Gasteiger partial charge in [-0.25, -0.2) is 8.78 Å². The summed E-state index contributed by atoms with van der Waals surface area (Å²) < 4.78 is 31.9. The Balaban J connectivity index is 2.15. The number of ether oxygens (including phenoxy) is 1. The quantitative estimate of drug-likeness (QED) is 0.878. The highest BCUT2D eigenvalue weighted by atomic mass is 19.1. The van der Waals surface area contributed by atoms with Gasteiger partial charge in [0.05, 0.1) is 7.11 Å². The van der Waals surface area contributed by atoms with Gasteiger partial charge in [-0.2, -0.15) is 0 Å². The first-order valence-electron chi connectivity index (χ1n) is 5.96. The molecule has 0 spiro atoms. The lowest BCUT2D eigenvalue weighted by Gasteiger charge is -2.23. The average molecular weight is 241 g/mol. The second kappa shape index (κ2) is 5.45. The Kier molecular flexibility index (Phi) is 3.94. The molecule has 0 amide bonds. The van der Waals surface area contributed by atoms with Crippen molar-refractivity contribution in [3.8, 4) is 5.75 Å². The summed E-state index contributed by atoms with van der Waals surface area (Å²) >= 11 is 0. The van der Waals surface area contributed by atoms with Gasteiger partial charge in [0.25, 0.3) is 0 Å². The molecule has 1 atom stereocenters. The minimum absolute atomic E-state index is 0.279. The Labute approximate surface area is 100.0 Å². The molecule has 1 N–H and O–H groups in total. The van der Waals surface area contributed by atoms with Crippen LogP contribution in [0.15, 0.2) is 12.1 Å². The maximum atomic E-state index is 13.9. The van der Waals surface area contributed by atoms with Crippen molar-refractivity contribution in [3.63, 3.8) is 0 Å². The van der Waals surface area contributed by atoms with E-state index in [4.69, 9.17) is 4.74 Å². The Hall–Kier alpha value is -1.16. The Morgan fingerprint density at radius 1 is 1.35 bits per heavy atom. The first-order chi connectivity index (χ1) is 8.22. The van der Waals surface area contributed by atoms with E-state index < -0.39 is 11.6 Å². The smallest absolute Gasteiger partial charge is 0.190 e. The van der Waals surface area contributed by atoms with Crippen LogP contribution in [0.2, 0.25) is 0 Å². The van der Waals surface area contributed by atoms with Gasteiger partial charge in [0.2, 0.25) is 0 Å². The van der Waals surface area contributed by atoms with Gasteiger partial charge in [-0.05, 0) is 37.4 Å². The van der Waals surface area contributed by atoms with Crippen LogP contribution in [0.1, 0.15) is 24.8 Å². The maximum Gasteiger partial charge on any atom is 0.190 e. The van der Waals surface area contributed by atoms with E-state index in [0.29, 0.717) is 12.0 Å². The zero-order chi connectivity index (χ0) is 12.3. The normalized spacial score (nSPS) is 20.3. The van der Waals surface area contributed by atoms with Crippen LogP contribution in [0.3, 0.4) is 0 Å². The lowest BCUT2D eigenvalue weighted by Crippen LogP contribution is -2.35. The first-order valence-corrected chi connectivity index (χ1v) is 5.96. The number of hydrogen-bond donors (Lipinski definition) is 1. The lowest BCUT2D eigenvalue weighted by atomic mass is 9.97. The third-order valence-corrected chi connectivity index (χ3v) is 3.21. The van der Waals surface area contributed by atoms with Crippen molar-refractivity contribution < 1.29 is 13.5 Å². The molecule has 0 bridgehead atoms. The van der Waals surface area contributed by atoms with Gasteiger partial charge < -0.3 is 10.1 Å². The first kappa shape index (κ1) is 12.3. The van der Waals surface area contributed by atoms with Gasteiger partial charge in [-0.3, -0.25) is 0 Å². The van der Waals surface area contributed by atoms with Gasteiger partial charge in [0, 0.05) is 6.04 Å². The van der Waals surface area contributed by atoms with Crippen LogP contribution in [0, 0.1) is 11.6 Å². The standard InChI is InChI=1S/C13H17F2NO/c1-17-13-11(14)6-5-9(12(13)15)8-10-4-2-3-7-16-10/h5-6,10,16H,2-4,7-8H2,1H3. The van der Waals surface area contributed by atoms with Crippen molar-refractivity contribution in [2.24, 2.45) is 0 Å². The number of methoxy groups -OCH3 is 1. The van der Waals surface area contributed by atoms with Gasteiger partial charge >= 0.3 is 0 Å². The molecular formula is C13H17F2NO.